The number of halogens is 1. The van der Waals surface area contributed by atoms with Crippen LogP contribution in [0.4, 0.5) is 5.69 Å². The van der Waals surface area contributed by atoms with Crippen molar-refractivity contribution in [1.29, 1.82) is 0 Å². The molecule has 0 radical (unpaired) electrons. The number of nitrogens with one attached hydrogen (secondary N) is 2. The summed E-state index contributed by atoms with van der Waals surface area (Å²) < 4.78 is 8.27. The number of carbonyl (C=O) groups excluding carboxylic acids is 1. The second-order valence-corrected chi connectivity index (χ2v) is 7.80. The lowest BCUT2D eigenvalue weighted by Gasteiger charge is -2.18. The number of amides is 1. The molecule has 1 amide bonds. The van der Waals surface area contributed by atoms with Gasteiger partial charge in [0.15, 0.2) is 0 Å². The van der Waals surface area contributed by atoms with E-state index in [1.54, 1.807) is 23.1 Å². The van der Waals surface area contributed by atoms with Crippen molar-refractivity contribution < 1.29 is 9.53 Å². The topological polar surface area (TPSA) is 81.1 Å². The number of fused-ring (bicyclic) bond motifs is 1. The molecular formula is C18H22ClN5O2S. The minimum absolute atomic E-state index is 0. The Morgan fingerprint density at radius 2 is 2.22 bits per heavy atom. The highest BCUT2D eigenvalue weighted by molar-refractivity contribution is 7.18. The molecule has 7 nitrogen and oxygen atoms in total. The van der Waals surface area contributed by atoms with Gasteiger partial charge in [0.1, 0.15) is 5.75 Å². The number of carbonyl (C=O) groups is 1. The van der Waals surface area contributed by atoms with E-state index in [-0.39, 0.29) is 30.2 Å². The van der Waals surface area contributed by atoms with Crippen molar-refractivity contribution in [2.24, 2.45) is 13.0 Å². The Morgan fingerprint density at radius 1 is 1.41 bits per heavy atom. The summed E-state index contributed by atoms with van der Waals surface area (Å²) in [5, 5.41) is 11.6. The second kappa shape index (κ2) is 7.84. The molecule has 1 aromatic carbocycles. The minimum Gasteiger partial charge on any atom is -0.494 e. The number of benzene rings is 1. The van der Waals surface area contributed by atoms with Crippen LogP contribution in [0, 0.1) is 12.8 Å². The Bertz CT molecular complexity index is 970. The molecule has 1 aliphatic rings. The summed E-state index contributed by atoms with van der Waals surface area (Å²) in [6.07, 6.45) is 3.81. The summed E-state index contributed by atoms with van der Waals surface area (Å²) in [7, 11) is 3.49. The third-order valence-electron chi connectivity index (χ3n) is 4.78. The fourth-order valence-electron chi connectivity index (χ4n) is 3.50. The predicted octanol–water partition coefficient (Wildman–Crippen LogP) is 2.71. The monoisotopic (exact) mass is 407 g/mol. The van der Waals surface area contributed by atoms with Crippen molar-refractivity contribution >= 4 is 45.6 Å². The van der Waals surface area contributed by atoms with Crippen LogP contribution in [0.25, 0.3) is 10.2 Å². The van der Waals surface area contributed by atoms with Gasteiger partial charge in [0.2, 0.25) is 5.91 Å². The Labute approximate surface area is 167 Å². The van der Waals surface area contributed by atoms with Crippen LogP contribution in [-0.4, -0.2) is 40.9 Å². The van der Waals surface area contributed by atoms with Gasteiger partial charge in [0, 0.05) is 38.3 Å². The fourth-order valence-corrected chi connectivity index (χ4v) is 4.35. The molecule has 1 saturated heterocycles. The zero-order valence-electron chi connectivity index (χ0n) is 15.4. The molecule has 27 heavy (non-hydrogen) atoms. The fraction of sp³-hybridized carbons (Fsp3) is 0.389. The van der Waals surface area contributed by atoms with E-state index >= 15 is 0 Å². The van der Waals surface area contributed by atoms with E-state index in [0.717, 1.165) is 27.3 Å². The number of rotatable bonds is 4. The lowest BCUT2D eigenvalue weighted by molar-refractivity contribution is -0.119. The highest BCUT2D eigenvalue weighted by atomic mass is 35.5. The van der Waals surface area contributed by atoms with Crippen molar-refractivity contribution in [2.45, 2.75) is 12.8 Å². The van der Waals surface area contributed by atoms with E-state index < -0.39 is 0 Å². The smallest absolute Gasteiger partial charge is 0.229 e. The zero-order valence-corrected chi connectivity index (χ0v) is 17.0. The van der Waals surface area contributed by atoms with E-state index in [0.29, 0.717) is 18.0 Å². The molecule has 2 atom stereocenters. The highest BCUT2D eigenvalue weighted by Gasteiger charge is 2.35. The van der Waals surface area contributed by atoms with Crippen LogP contribution < -0.4 is 15.4 Å². The lowest BCUT2D eigenvalue weighted by Crippen LogP contribution is -2.28. The van der Waals surface area contributed by atoms with Gasteiger partial charge in [-0.05, 0) is 18.6 Å². The molecule has 0 aliphatic carbocycles. The van der Waals surface area contributed by atoms with Gasteiger partial charge >= 0.3 is 0 Å². The van der Waals surface area contributed by atoms with E-state index in [1.807, 2.05) is 38.5 Å². The number of hydrogen-bond acceptors (Lipinski definition) is 6. The molecule has 0 saturated carbocycles. The summed E-state index contributed by atoms with van der Waals surface area (Å²) in [6, 6.07) is 3.82. The van der Waals surface area contributed by atoms with Gasteiger partial charge in [-0.25, -0.2) is 4.98 Å². The van der Waals surface area contributed by atoms with Gasteiger partial charge in [-0.15, -0.1) is 23.7 Å². The average molecular weight is 408 g/mol. The lowest BCUT2D eigenvalue weighted by atomic mass is 9.90. The number of aromatic nitrogens is 3. The van der Waals surface area contributed by atoms with Gasteiger partial charge in [-0.2, -0.15) is 5.10 Å². The number of methoxy groups -OCH3 is 1. The molecule has 3 heterocycles. The number of thiazole rings is 1. The number of aryl methyl sites for hydroxylation is 2. The largest absolute Gasteiger partial charge is 0.494 e. The number of anilines is 1. The minimum atomic E-state index is -0.150. The van der Waals surface area contributed by atoms with E-state index in [9.17, 15) is 4.79 Å². The van der Waals surface area contributed by atoms with Gasteiger partial charge in [0.25, 0.3) is 0 Å². The first-order valence-corrected chi connectivity index (χ1v) is 9.32. The number of ether oxygens (including phenoxy) is 1. The third kappa shape index (κ3) is 3.78. The van der Waals surface area contributed by atoms with Crippen LogP contribution >= 0.6 is 23.7 Å². The summed E-state index contributed by atoms with van der Waals surface area (Å²) in [5.74, 6) is 0.578. The van der Waals surface area contributed by atoms with Crippen LogP contribution in [0.2, 0.25) is 0 Å². The first kappa shape index (κ1) is 19.6. The molecule has 4 rings (SSSR count). The maximum atomic E-state index is 13.0. The van der Waals surface area contributed by atoms with Crippen molar-refractivity contribution in [3.05, 3.63) is 35.1 Å². The third-order valence-corrected chi connectivity index (χ3v) is 5.71. The van der Waals surface area contributed by atoms with Crippen molar-refractivity contribution in [3.8, 4) is 5.75 Å². The molecule has 2 N–H and O–H groups in total. The van der Waals surface area contributed by atoms with E-state index in [4.69, 9.17) is 4.74 Å². The summed E-state index contributed by atoms with van der Waals surface area (Å²) in [5.41, 5.74) is 2.65. The van der Waals surface area contributed by atoms with Crippen molar-refractivity contribution in [1.82, 2.24) is 20.1 Å². The van der Waals surface area contributed by atoms with E-state index in [1.165, 1.54) is 0 Å². The van der Waals surface area contributed by atoms with Crippen LogP contribution in [0.3, 0.4) is 0 Å². The van der Waals surface area contributed by atoms with Gasteiger partial charge in [-0.1, -0.05) is 0 Å². The Hall–Kier alpha value is -2.16. The standard InChI is InChI=1S/C18H21N5O2S.ClH/c1-10-21-15-4-16(25-3)14(5-17(15)26-10)22-18(24)13-8-19-7-12(13)11-6-20-23(2)9-11;/h4-6,9,12-13,19H,7-8H2,1-3H3,(H,22,24);1H/t12-,13+;/m1./s1. The van der Waals surface area contributed by atoms with Crippen molar-refractivity contribution in [2.75, 3.05) is 25.5 Å². The molecule has 0 spiro atoms. The molecule has 3 aromatic rings. The SMILES string of the molecule is COc1cc2nc(C)sc2cc1NC(=O)[C@H]1CNC[C@@H]1c1cnn(C)c1.Cl. The van der Waals surface area contributed by atoms with Gasteiger partial charge in [-0.3, -0.25) is 9.48 Å². The van der Waals surface area contributed by atoms with E-state index in [2.05, 4.69) is 20.7 Å². The Morgan fingerprint density at radius 3 is 2.93 bits per heavy atom. The molecule has 144 valence electrons. The summed E-state index contributed by atoms with van der Waals surface area (Å²) >= 11 is 1.60. The maximum absolute atomic E-state index is 13.0. The predicted molar refractivity (Wildman–Crippen MR) is 109 cm³/mol. The molecule has 2 aromatic heterocycles. The summed E-state index contributed by atoms with van der Waals surface area (Å²) in [4.78, 5) is 17.4. The normalized spacial score (nSPS) is 19.1. The molecule has 0 bridgehead atoms. The summed E-state index contributed by atoms with van der Waals surface area (Å²) in [6.45, 7) is 3.39. The number of nitrogens with zero attached hydrogens (tertiary/aromatic N) is 3. The quantitative estimate of drug-likeness (QED) is 0.695. The molecule has 9 heteroatoms. The van der Waals surface area contributed by atoms with Crippen LogP contribution in [0.15, 0.2) is 24.5 Å². The molecular weight excluding hydrogens is 386 g/mol. The Kier molecular flexibility index (Phi) is 5.69. The Balaban J connectivity index is 0.00000210. The second-order valence-electron chi connectivity index (χ2n) is 6.56. The van der Waals surface area contributed by atoms with Gasteiger partial charge < -0.3 is 15.4 Å². The zero-order chi connectivity index (χ0) is 18.3. The highest BCUT2D eigenvalue weighted by Crippen LogP contribution is 2.35. The van der Waals surface area contributed by atoms with Crippen molar-refractivity contribution in [3.63, 3.8) is 0 Å². The first-order valence-electron chi connectivity index (χ1n) is 8.50. The first-order chi connectivity index (χ1) is 12.5. The molecule has 1 aliphatic heterocycles. The van der Waals surface area contributed by atoms with Crippen LogP contribution in [-0.2, 0) is 11.8 Å². The molecule has 0 unspecified atom stereocenters. The van der Waals surface area contributed by atoms with Crippen LogP contribution in [0.5, 0.6) is 5.75 Å². The van der Waals surface area contributed by atoms with Gasteiger partial charge in [0.05, 0.1) is 40.1 Å². The average Bonchev–Trinajstić information content (AvgIpc) is 3.32. The number of hydrogen-bond donors (Lipinski definition) is 2. The maximum Gasteiger partial charge on any atom is 0.229 e. The molecule has 1 fully saturated rings. The van der Waals surface area contributed by atoms with Crippen LogP contribution in [0.1, 0.15) is 16.5 Å².